The molecule has 2 saturated heterocycles. The molecule has 118 valence electrons. The van der Waals surface area contributed by atoms with E-state index in [1.807, 2.05) is 17.8 Å². The van der Waals surface area contributed by atoms with Crippen molar-refractivity contribution in [2.24, 2.45) is 0 Å². The Morgan fingerprint density at radius 2 is 2.27 bits per heavy atom. The lowest BCUT2D eigenvalue weighted by Crippen LogP contribution is -2.47. The van der Waals surface area contributed by atoms with Crippen molar-refractivity contribution < 1.29 is 14.4 Å². The number of carbonyl (C=O) groups is 3. The Morgan fingerprint density at radius 3 is 2.91 bits per heavy atom. The molecule has 1 atom stereocenters. The molecule has 0 saturated carbocycles. The van der Waals surface area contributed by atoms with Gasteiger partial charge in [-0.25, -0.2) is 4.79 Å². The highest BCUT2D eigenvalue weighted by Gasteiger charge is 2.33. The van der Waals surface area contributed by atoms with Gasteiger partial charge in [0.05, 0.1) is 18.8 Å². The molecule has 22 heavy (non-hydrogen) atoms. The van der Waals surface area contributed by atoms with E-state index in [4.69, 9.17) is 0 Å². The fourth-order valence-corrected chi connectivity index (χ4v) is 2.88. The molecule has 0 aliphatic carbocycles. The second-order valence-corrected chi connectivity index (χ2v) is 5.77. The summed E-state index contributed by atoms with van der Waals surface area (Å²) in [5.41, 5.74) is 1.09. The van der Waals surface area contributed by atoms with Crippen LogP contribution in [-0.2, 0) is 9.59 Å². The molecule has 0 spiro atoms. The Kier molecular flexibility index (Phi) is 3.82. The topological polar surface area (TPSA) is 87.5 Å². The summed E-state index contributed by atoms with van der Waals surface area (Å²) >= 11 is 0. The number of amides is 4. The number of hydrogen-bond donors (Lipinski definition) is 1. The summed E-state index contributed by atoms with van der Waals surface area (Å²) in [5, 5.41) is 6.73. The molecule has 0 radical (unpaired) electrons. The van der Waals surface area contributed by atoms with Crippen LogP contribution in [0.25, 0.3) is 0 Å². The van der Waals surface area contributed by atoms with E-state index in [2.05, 4.69) is 10.4 Å². The highest BCUT2D eigenvalue weighted by molar-refractivity contribution is 6.04. The van der Waals surface area contributed by atoms with Crippen LogP contribution < -0.4 is 5.32 Å². The average molecular weight is 305 g/mol. The molecular weight excluding hydrogens is 286 g/mol. The van der Waals surface area contributed by atoms with Gasteiger partial charge in [0.25, 0.3) is 5.91 Å². The van der Waals surface area contributed by atoms with E-state index in [0.29, 0.717) is 13.1 Å². The molecule has 3 rings (SSSR count). The molecular formula is C14H19N5O3. The van der Waals surface area contributed by atoms with E-state index >= 15 is 0 Å². The van der Waals surface area contributed by atoms with Crippen LogP contribution in [0.15, 0.2) is 12.4 Å². The number of aromatic nitrogens is 2. The first kappa shape index (κ1) is 14.6. The van der Waals surface area contributed by atoms with Gasteiger partial charge in [0.1, 0.15) is 6.54 Å². The first-order valence-electron chi connectivity index (χ1n) is 7.41. The molecule has 3 heterocycles. The van der Waals surface area contributed by atoms with Crippen molar-refractivity contribution in [3.63, 3.8) is 0 Å². The quantitative estimate of drug-likeness (QED) is 0.790. The lowest BCUT2D eigenvalue weighted by molar-refractivity contribution is -0.137. The van der Waals surface area contributed by atoms with Gasteiger partial charge in [0, 0.05) is 19.3 Å². The smallest absolute Gasteiger partial charge is 0.325 e. The van der Waals surface area contributed by atoms with E-state index in [1.165, 1.54) is 0 Å². The summed E-state index contributed by atoms with van der Waals surface area (Å²) in [6.45, 7) is 2.98. The van der Waals surface area contributed by atoms with Crippen molar-refractivity contribution in [2.45, 2.75) is 25.8 Å². The Labute approximate surface area is 128 Å². The number of rotatable bonds is 3. The second-order valence-electron chi connectivity index (χ2n) is 5.77. The van der Waals surface area contributed by atoms with Gasteiger partial charge in [-0.15, -0.1) is 0 Å². The number of carbonyl (C=O) groups excluding carboxylic acids is 3. The largest absolute Gasteiger partial charge is 0.339 e. The number of nitrogens with zero attached hydrogens (tertiary/aromatic N) is 4. The van der Waals surface area contributed by atoms with Gasteiger partial charge in [-0.05, 0) is 25.3 Å². The summed E-state index contributed by atoms with van der Waals surface area (Å²) in [7, 11) is 0. The highest BCUT2D eigenvalue weighted by Crippen LogP contribution is 2.21. The van der Waals surface area contributed by atoms with Crippen LogP contribution in [0.4, 0.5) is 4.79 Å². The molecule has 1 aromatic rings. The highest BCUT2D eigenvalue weighted by atomic mass is 16.2. The van der Waals surface area contributed by atoms with Gasteiger partial charge < -0.3 is 10.2 Å². The van der Waals surface area contributed by atoms with Crippen molar-refractivity contribution >= 4 is 17.8 Å². The minimum absolute atomic E-state index is 0.0265. The van der Waals surface area contributed by atoms with Crippen LogP contribution >= 0.6 is 0 Å². The molecule has 2 aliphatic rings. The molecule has 0 aromatic carbocycles. The van der Waals surface area contributed by atoms with E-state index in [0.717, 1.165) is 23.3 Å². The standard InChI is InChI=1S/C14H19N5O3/c1-10-5-16-19(7-10)11-3-2-4-17(8-11)13(21)9-18-12(20)6-15-14(18)22/h5,7,11H,2-4,6,8-9H2,1H3,(H,15,22). The summed E-state index contributed by atoms with van der Waals surface area (Å²) in [6, 6.07) is -0.343. The van der Waals surface area contributed by atoms with Gasteiger partial charge in [0.15, 0.2) is 0 Å². The predicted molar refractivity (Wildman–Crippen MR) is 76.9 cm³/mol. The maximum atomic E-state index is 12.3. The minimum atomic E-state index is -0.491. The summed E-state index contributed by atoms with van der Waals surface area (Å²) in [4.78, 5) is 38.1. The summed E-state index contributed by atoms with van der Waals surface area (Å²) < 4.78 is 1.89. The number of piperidine rings is 1. The number of urea groups is 1. The van der Waals surface area contributed by atoms with Gasteiger partial charge in [0.2, 0.25) is 5.91 Å². The zero-order valence-corrected chi connectivity index (χ0v) is 12.5. The number of imide groups is 1. The monoisotopic (exact) mass is 305 g/mol. The Hall–Kier alpha value is -2.38. The molecule has 2 aliphatic heterocycles. The molecule has 8 nitrogen and oxygen atoms in total. The molecule has 4 amide bonds. The fourth-order valence-electron chi connectivity index (χ4n) is 2.88. The summed E-state index contributed by atoms with van der Waals surface area (Å²) in [6.07, 6.45) is 5.62. The first-order chi connectivity index (χ1) is 10.5. The molecule has 8 heteroatoms. The lowest BCUT2D eigenvalue weighted by atomic mass is 10.1. The van der Waals surface area contributed by atoms with E-state index in [1.54, 1.807) is 11.1 Å². The second kappa shape index (κ2) is 5.78. The molecule has 1 unspecified atom stereocenters. The average Bonchev–Trinajstić information content (AvgIpc) is 3.08. The van der Waals surface area contributed by atoms with E-state index in [-0.39, 0.29) is 30.9 Å². The van der Waals surface area contributed by atoms with Gasteiger partial charge in [-0.3, -0.25) is 19.2 Å². The lowest BCUT2D eigenvalue weighted by Gasteiger charge is -2.33. The van der Waals surface area contributed by atoms with Crippen LogP contribution in [0.1, 0.15) is 24.4 Å². The zero-order valence-electron chi connectivity index (χ0n) is 12.5. The zero-order chi connectivity index (χ0) is 15.7. The Bertz CT molecular complexity index is 595. The van der Waals surface area contributed by atoms with E-state index < -0.39 is 6.03 Å². The van der Waals surface area contributed by atoms with Crippen LogP contribution in [0, 0.1) is 6.92 Å². The minimum Gasteiger partial charge on any atom is -0.339 e. The first-order valence-corrected chi connectivity index (χ1v) is 7.41. The predicted octanol–water partition coefficient (Wildman–Crippen LogP) is -0.0932. The maximum absolute atomic E-state index is 12.3. The van der Waals surface area contributed by atoms with Gasteiger partial charge in [-0.1, -0.05) is 0 Å². The number of aryl methyl sites for hydroxylation is 1. The number of nitrogens with one attached hydrogen (secondary N) is 1. The third-order valence-corrected chi connectivity index (χ3v) is 4.08. The number of likely N-dealkylation sites (tertiary alicyclic amines) is 1. The number of hydrogen-bond acceptors (Lipinski definition) is 4. The molecule has 2 fully saturated rings. The van der Waals surface area contributed by atoms with Crippen LogP contribution in [0.2, 0.25) is 0 Å². The van der Waals surface area contributed by atoms with Crippen LogP contribution in [0.3, 0.4) is 0 Å². The fraction of sp³-hybridized carbons (Fsp3) is 0.571. The Morgan fingerprint density at radius 1 is 1.45 bits per heavy atom. The van der Waals surface area contributed by atoms with Gasteiger partial charge in [-0.2, -0.15) is 5.10 Å². The molecule has 0 bridgehead atoms. The third-order valence-electron chi connectivity index (χ3n) is 4.08. The van der Waals surface area contributed by atoms with Crippen molar-refractivity contribution in [3.05, 3.63) is 18.0 Å². The Balaban J connectivity index is 1.63. The van der Waals surface area contributed by atoms with Crippen molar-refractivity contribution in [1.82, 2.24) is 24.9 Å². The van der Waals surface area contributed by atoms with Crippen molar-refractivity contribution in [3.8, 4) is 0 Å². The molecule has 1 aromatic heterocycles. The van der Waals surface area contributed by atoms with Crippen molar-refractivity contribution in [1.29, 1.82) is 0 Å². The third kappa shape index (κ3) is 2.81. The van der Waals surface area contributed by atoms with Crippen molar-refractivity contribution in [2.75, 3.05) is 26.2 Å². The van der Waals surface area contributed by atoms with E-state index in [9.17, 15) is 14.4 Å². The van der Waals surface area contributed by atoms with Gasteiger partial charge >= 0.3 is 6.03 Å². The SMILES string of the molecule is Cc1cnn(C2CCCN(C(=O)CN3C(=O)CNC3=O)C2)c1. The van der Waals surface area contributed by atoms with Crippen LogP contribution in [0.5, 0.6) is 0 Å². The molecule has 1 N–H and O–H groups in total. The summed E-state index contributed by atoms with van der Waals surface area (Å²) in [5.74, 6) is -0.548. The maximum Gasteiger partial charge on any atom is 0.325 e. The van der Waals surface area contributed by atoms with Crippen LogP contribution in [-0.4, -0.2) is 63.6 Å². The normalized spacial score (nSPS) is 22.1.